The number of aryl methyl sites for hydroxylation is 1. The fourth-order valence-electron chi connectivity index (χ4n) is 7.48. The maximum atomic E-state index is 2.76. The van der Waals surface area contributed by atoms with Gasteiger partial charge < -0.3 is 0 Å². The van der Waals surface area contributed by atoms with E-state index in [4.69, 9.17) is 0 Å². The zero-order valence-corrected chi connectivity index (χ0v) is 30.8. The molecule has 0 N–H and O–H groups in total. The van der Waals surface area contributed by atoms with Gasteiger partial charge in [0.25, 0.3) is 0 Å². The quantitative estimate of drug-likeness (QED) is 0.178. The second kappa shape index (κ2) is 11.4. The van der Waals surface area contributed by atoms with Gasteiger partial charge in [-0.1, -0.05) is 0 Å². The minimum Gasteiger partial charge on any atom is -0.147 e. The molecule has 2 unspecified atom stereocenters. The third kappa shape index (κ3) is 5.00. The van der Waals surface area contributed by atoms with Gasteiger partial charge in [0.1, 0.15) is 0 Å². The first-order valence-corrected chi connectivity index (χ1v) is 33.7. The summed E-state index contributed by atoms with van der Waals surface area (Å²) in [6, 6.07) is 36.6. The number of hydrogen-bond acceptors (Lipinski definition) is 0. The molecule has 2 aliphatic rings. The van der Waals surface area contributed by atoms with Gasteiger partial charge in [-0.15, -0.1) is 24.8 Å². The topological polar surface area (TPSA) is 0 Å². The summed E-state index contributed by atoms with van der Waals surface area (Å²) in [5.74, 6) is 0.487. The van der Waals surface area contributed by atoms with E-state index in [9.17, 15) is 0 Å². The van der Waals surface area contributed by atoms with Crippen LogP contribution < -0.4 is 0 Å². The predicted octanol–water partition coefficient (Wildman–Crippen LogP) is 10.2. The molecule has 40 heavy (non-hydrogen) atoms. The van der Waals surface area contributed by atoms with Crippen molar-refractivity contribution in [2.45, 2.75) is 43.4 Å². The van der Waals surface area contributed by atoms with Gasteiger partial charge in [0.15, 0.2) is 0 Å². The molecule has 4 heteroatoms. The molecular formula is C36H40Cl2HfSi. The summed E-state index contributed by atoms with van der Waals surface area (Å²) in [4.78, 5) is 0. The van der Waals surface area contributed by atoms with Crippen molar-refractivity contribution >= 4 is 55.1 Å². The summed E-state index contributed by atoms with van der Waals surface area (Å²) >= 11 is -3.90. The molecule has 0 amide bonds. The van der Waals surface area contributed by atoms with Crippen molar-refractivity contribution in [1.82, 2.24) is 0 Å². The smallest absolute Gasteiger partial charge is 0.147 e. The van der Waals surface area contributed by atoms with Crippen molar-refractivity contribution in [1.29, 1.82) is 0 Å². The van der Waals surface area contributed by atoms with Gasteiger partial charge >= 0.3 is 232 Å². The molecule has 2 atom stereocenters. The van der Waals surface area contributed by atoms with E-state index in [1.165, 1.54) is 33.4 Å². The van der Waals surface area contributed by atoms with Crippen LogP contribution in [0.5, 0.6) is 0 Å². The number of halogens is 2. The van der Waals surface area contributed by atoms with E-state index >= 15 is 0 Å². The maximum Gasteiger partial charge on any atom is -0.147 e. The summed E-state index contributed by atoms with van der Waals surface area (Å²) in [7, 11) is 0. The van der Waals surface area contributed by atoms with Crippen LogP contribution >= 0.6 is 24.8 Å². The van der Waals surface area contributed by atoms with Gasteiger partial charge in [-0.05, 0) is 0 Å². The summed E-state index contributed by atoms with van der Waals surface area (Å²) in [5, 5.41) is 0. The Bertz CT molecular complexity index is 1710. The first-order chi connectivity index (χ1) is 18.2. The van der Waals surface area contributed by atoms with E-state index in [0.717, 1.165) is 0 Å². The van der Waals surface area contributed by atoms with E-state index in [-0.39, 0.29) is 24.8 Å². The molecule has 0 bridgehead atoms. The van der Waals surface area contributed by atoms with Crippen LogP contribution in [0.1, 0.15) is 71.6 Å². The Morgan fingerprint density at radius 3 is 1.55 bits per heavy atom. The van der Waals surface area contributed by atoms with Crippen LogP contribution in [0.15, 0.2) is 97.1 Å². The average Bonchev–Trinajstić information content (AvgIpc) is 3.49. The van der Waals surface area contributed by atoms with Crippen molar-refractivity contribution < 1.29 is 17.1 Å². The molecule has 0 aromatic heterocycles. The van der Waals surface area contributed by atoms with Crippen molar-refractivity contribution in [2.24, 2.45) is 0 Å². The Morgan fingerprint density at radius 1 is 0.600 bits per heavy atom. The van der Waals surface area contributed by atoms with Crippen LogP contribution in [0.4, 0.5) is 0 Å². The van der Waals surface area contributed by atoms with Crippen LogP contribution in [-0.2, 0) is 17.1 Å². The third-order valence-electron chi connectivity index (χ3n) is 9.10. The first kappa shape index (κ1) is 31.0. The SMILES string of the molecule is Cc1ccccc1C1=Cc2ccccc2[CH]1[Hf]([CH3])([CH3])(=[SiH2])[CH]1C(c2ccccc2C(C)C)=Cc2ccccc21.Cl.Cl. The normalized spacial score (nSPS) is 17.8. The van der Waals surface area contributed by atoms with E-state index in [0.29, 0.717) is 13.3 Å². The zero-order valence-electron chi connectivity index (χ0n) is 24.1. The zero-order chi connectivity index (χ0) is 26.7. The Hall–Kier alpha value is -1.97. The minimum absolute atomic E-state index is 0. The van der Waals surface area contributed by atoms with Crippen molar-refractivity contribution in [3.05, 3.63) is 142 Å². The van der Waals surface area contributed by atoms with Crippen LogP contribution in [-0.4, -0.2) is 6.94 Å². The van der Waals surface area contributed by atoms with Crippen molar-refractivity contribution in [3.63, 3.8) is 0 Å². The van der Waals surface area contributed by atoms with Gasteiger partial charge in [-0.3, -0.25) is 0 Å². The fraction of sp³-hybridized carbons (Fsp3) is 0.222. The van der Waals surface area contributed by atoms with Gasteiger partial charge in [0, 0.05) is 0 Å². The second-order valence-electron chi connectivity index (χ2n) is 12.8. The molecule has 0 radical (unpaired) electrons. The summed E-state index contributed by atoms with van der Waals surface area (Å²) in [6.07, 6.45) is 5.06. The van der Waals surface area contributed by atoms with Gasteiger partial charge in [-0.25, -0.2) is 0 Å². The Morgan fingerprint density at radius 2 is 1.02 bits per heavy atom. The number of benzene rings is 4. The molecule has 0 aliphatic heterocycles. The molecule has 4 aromatic rings. The summed E-state index contributed by atoms with van der Waals surface area (Å²) in [5.41, 5.74) is 14.7. The standard InChI is InChI=1S/C18H17.C16H13.2CH3.2ClH.Hf.H2Si/c1-13(2)17-9-5-6-10-18(17)16-11-14-7-3-4-8-15(14)12-16;1-12-6-2-5-9-16(12)15-10-13-7-3-4-8-14(13)11-15;;;;;;/h3-13H,1-2H3;2-11H,1H3;2*1H3;2*1H;;1H2. The molecule has 0 fully saturated rings. The maximum absolute atomic E-state index is 3.90. The Labute approximate surface area is 255 Å². The average molecular weight is 750 g/mol. The molecule has 0 saturated carbocycles. The molecular weight excluding hydrogens is 710 g/mol. The first-order valence-electron chi connectivity index (χ1n) is 14.0. The van der Waals surface area contributed by atoms with Crippen LogP contribution in [0.3, 0.4) is 0 Å². The predicted molar refractivity (Wildman–Crippen MR) is 181 cm³/mol. The van der Waals surface area contributed by atoms with Crippen molar-refractivity contribution in [3.8, 4) is 0 Å². The number of hydrogen-bond donors (Lipinski definition) is 0. The molecule has 0 saturated heterocycles. The number of allylic oxidation sites excluding steroid dienone is 2. The summed E-state index contributed by atoms with van der Waals surface area (Å²) in [6.45, 7) is 9.39. The van der Waals surface area contributed by atoms with Crippen LogP contribution in [0, 0.1) is 6.92 Å². The van der Waals surface area contributed by atoms with Gasteiger partial charge in [-0.2, -0.15) is 0 Å². The molecule has 0 spiro atoms. The molecule has 4 aromatic carbocycles. The van der Waals surface area contributed by atoms with E-state index in [2.05, 4.69) is 146 Å². The number of rotatable bonds is 5. The van der Waals surface area contributed by atoms with E-state index in [1.54, 1.807) is 22.3 Å². The molecule has 206 valence electrons. The molecule has 6 rings (SSSR count). The molecule has 0 nitrogen and oxygen atoms in total. The number of fused-ring (bicyclic) bond motifs is 2. The third-order valence-corrected chi connectivity index (χ3v) is 33.9. The minimum atomic E-state index is -3.90. The van der Waals surface area contributed by atoms with Crippen molar-refractivity contribution in [2.75, 3.05) is 0 Å². The Kier molecular flexibility index (Phi) is 8.80. The summed E-state index contributed by atoms with van der Waals surface area (Å²) < 4.78 is 6.44. The molecule has 2 aliphatic carbocycles. The van der Waals surface area contributed by atoms with Gasteiger partial charge in [0.2, 0.25) is 0 Å². The van der Waals surface area contributed by atoms with Gasteiger partial charge in [0.05, 0.1) is 0 Å². The van der Waals surface area contributed by atoms with E-state index in [1.807, 2.05) is 0 Å². The second-order valence-corrected chi connectivity index (χ2v) is 56.3. The molecule has 0 heterocycles. The largest absolute Gasteiger partial charge is 0.147 e. The van der Waals surface area contributed by atoms with Crippen LogP contribution in [0.2, 0.25) is 9.36 Å². The Balaban J connectivity index is 0.00000185. The van der Waals surface area contributed by atoms with Crippen LogP contribution in [0.25, 0.3) is 23.3 Å². The fourth-order valence-corrected chi connectivity index (χ4v) is 34.2. The monoisotopic (exact) mass is 750 g/mol. The van der Waals surface area contributed by atoms with E-state index < -0.39 is 17.1 Å².